The predicted octanol–water partition coefficient (Wildman–Crippen LogP) is 1.55. The summed E-state index contributed by atoms with van der Waals surface area (Å²) in [5.74, 6) is -0.491. The van der Waals surface area contributed by atoms with Crippen LogP contribution in [-0.4, -0.2) is 29.0 Å². The van der Waals surface area contributed by atoms with Gasteiger partial charge in [-0.25, -0.2) is 0 Å². The summed E-state index contributed by atoms with van der Waals surface area (Å²) in [6.07, 6.45) is 5.76. The second kappa shape index (κ2) is 7.19. The first-order valence-corrected chi connectivity index (χ1v) is 8.56. The van der Waals surface area contributed by atoms with Crippen LogP contribution in [0.1, 0.15) is 44.9 Å². The van der Waals surface area contributed by atoms with Gasteiger partial charge < -0.3 is 15.0 Å². The third-order valence-electron chi connectivity index (χ3n) is 4.75. The summed E-state index contributed by atoms with van der Waals surface area (Å²) < 4.78 is 9.56. The number of aryl methyl sites for hydroxylation is 1. The van der Waals surface area contributed by atoms with Crippen molar-refractivity contribution in [2.75, 3.05) is 6.61 Å². The van der Waals surface area contributed by atoms with E-state index in [-0.39, 0.29) is 18.4 Å². The van der Waals surface area contributed by atoms with E-state index >= 15 is 0 Å². The van der Waals surface area contributed by atoms with Crippen LogP contribution in [0.25, 0.3) is 0 Å². The molecule has 0 aliphatic carbocycles. The van der Waals surface area contributed by atoms with Crippen molar-refractivity contribution in [3.8, 4) is 0 Å². The molecule has 2 aromatic rings. The minimum absolute atomic E-state index is 0.0123. The number of Topliss-reactive ketones (excluding diaryl/α,β-unsaturated/α-hetero) is 1. The highest BCUT2D eigenvalue weighted by molar-refractivity contribution is 5.96. The standard InChI is InChI=1S/C19H23N3O3/c1-13-9-17(14(2)22(13)11-16-6-4-8-25-16)18(23)12-21-7-3-5-15(10-21)19(20)24/h3,5,7,9-10,16H,4,6,8,11-12H2,1-2H3,(H-,20,24)/p+1/t16-/m1/s1. The smallest absolute Gasteiger partial charge is 0.254 e. The summed E-state index contributed by atoms with van der Waals surface area (Å²) in [5, 5.41) is 0. The van der Waals surface area contributed by atoms with E-state index in [0.29, 0.717) is 11.1 Å². The second-order valence-electron chi connectivity index (χ2n) is 6.58. The number of hydrogen-bond donors (Lipinski definition) is 1. The van der Waals surface area contributed by atoms with Crippen LogP contribution in [0.4, 0.5) is 0 Å². The molecule has 2 N–H and O–H groups in total. The molecule has 1 fully saturated rings. The Kier molecular flexibility index (Phi) is 4.99. The van der Waals surface area contributed by atoms with Crippen LogP contribution in [0, 0.1) is 13.8 Å². The van der Waals surface area contributed by atoms with Crippen molar-refractivity contribution in [1.29, 1.82) is 0 Å². The van der Waals surface area contributed by atoms with Gasteiger partial charge in [0.1, 0.15) is 5.56 Å². The average molecular weight is 342 g/mol. The zero-order valence-electron chi connectivity index (χ0n) is 14.7. The lowest BCUT2D eigenvalue weighted by Gasteiger charge is -2.14. The lowest BCUT2D eigenvalue weighted by Crippen LogP contribution is -2.38. The molecule has 0 unspecified atom stereocenters. The highest BCUT2D eigenvalue weighted by Crippen LogP contribution is 2.20. The van der Waals surface area contributed by atoms with Gasteiger partial charge in [0.15, 0.2) is 12.4 Å². The van der Waals surface area contributed by atoms with Crippen LogP contribution < -0.4 is 10.3 Å². The number of hydrogen-bond acceptors (Lipinski definition) is 3. The molecule has 6 nitrogen and oxygen atoms in total. The van der Waals surface area contributed by atoms with E-state index in [0.717, 1.165) is 37.4 Å². The van der Waals surface area contributed by atoms with Crippen LogP contribution in [0.2, 0.25) is 0 Å². The van der Waals surface area contributed by atoms with Gasteiger partial charge in [-0.2, -0.15) is 4.57 Å². The van der Waals surface area contributed by atoms with Crippen LogP contribution >= 0.6 is 0 Å². The molecule has 1 aliphatic heterocycles. The van der Waals surface area contributed by atoms with Crippen LogP contribution in [-0.2, 0) is 17.8 Å². The maximum Gasteiger partial charge on any atom is 0.254 e. The van der Waals surface area contributed by atoms with E-state index in [2.05, 4.69) is 4.57 Å². The van der Waals surface area contributed by atoms with Crippen molar-refractivity contribution < 1.29 is 18.9 Å². The molecular weight excluding hydrogens is 318 g/mol. The van der Waals surface area contributed by atoms with Gasteiger partial charge in [0.25, 0.3) is 5.91 Å². The van der Waals surface area contributed by atoms with Crippen molar-refractivity contribution in [3.63, 3.8) is 0 Å². The van der Waals surface area contributed by atoms with Crippen molar-refractivity contribution in [1.82, 2.24) is 4.57 Å². The Morgan fingerprint density at radius 1 is 1.40 bits per heavy atom. The molecule has 0 spiro atoms. The van der Waals surface area contributed by atoms with Crippen LogP contribution in [0.3, 0.4) is 0 Å². The summed E-state index contributed by atoms with van der Waals surface area (Å²) >= 11 is 0. The van der Waals surface area contributed by atoms with Crippen molar-refractivity contribution in [3.05, 3.63) is 53.1 Å². The first-order chi connectivity index (χ1) is 12.0. The Labute approximate surface area is 147 Å². The SMILES string of the molecule is Cc1cc(C(=O)C[n+]2cccc(C(N)=O)c2)c(C)n1C[C@H]1CCCO1. The number of ether oxygens (including phenoxy) is 1. The minimum atomic E-state index is -0.503. The molecule has 3 rings (SSSR count). The van der Waals surface area contributed by atoms with E-state index in [1.54, 1.807) is 29.1 Å². The van der Waals surface area contributed by atoms with Gasteiger partial charge >= 0.3 is 0 Å². The number of ketones is 1. The fraction of sp³-hybridized carbons (Fsp3) is 0.421. The molecule has 6 heteroatoms. The van der Waals surface area contributed by atoms with E-state index in [9.17, 15) is 9.59 Å². The van der Waals surface area contributed by atoms with Gasteiger partial charge in [0, 0.05) is 36.2 Å². The van der Waals surface area contributed by atoms with E-state index in [1.807, 2.05) is 19.9 Å². The summed E-state index contributed by atoms with van der Waals surface area (Å²) in [6, 6.07) is 5.29. The predicted molar refractivity (Wildman–Crippen MR) is 92.4 cm³/mol. The molecule has 0 radical (unpaired) electrons. The lowest BCUT2D eigenvalue weighted by molar-refractivity contribution is -0.683. The molecule has 0 bridgehead atoms. The molecule has 3 heterocycles. The topological polar surface area (TPSA) is 78.2 Å². The van der Waals surface area contributed by atoms with Gasteiger partial charge in [0.2, 0.25) is 12.3 Å². The minimum Gasteiger partial charge on any atom is -0.376 e. The summed E-state index contributed by atoms with van der Waals surface area (Å²) in [4.78, 5) is 24.0. The Balaban J connectivity index is 1.78. The zero-order chi connectivity index (χ0) is 18.0. The third-order valence-corrected chi connectivity index (χ3v) is 4.75. The number of carbonyl (C=O) groups is 2. The number of nitrogens with zero attached hydrogens (tertiary/aromatic N) is 2. The highest BCUT2D eigenvalue weighted by atomic mass is 16.5. The van der Waals surface area contributed by atoms with Crippen molar-refractivity contribution in [2.24, 2.45) is 5.73 Å². The normalized spacial score (nSPS) is 17.0. The van der Waals surface area contributed by atoms with Gasteiger partial charge in [-0.15, -0.1) is 0 Å². The number of rotatable bonds is 6. The molecular formula is C19H24N3O3+. The quantitative estimate of drug-likeness (QED) is 0.639. The fourth-order valence-electron chi connectivity index (χ4n) is 3.37. The Morgan fingerprint density at radius 3 is 2.88 bits per heavy atom. The average Bonchev–Trinajstić information content (AvgIpc) is 3.19. The molecule has 1 atom stereocenters. The Hall–Kier alpha value is -2.47. The molecule has 1 saturated heterocycles. The maximum atomic E-state index is 12.7. The van der Waals surface area contributed by atoms with E-state index in [4.69, 9.17) is 10.5 Å². The van der Waals surface area contributed by atoms with Gasteiger partial charge in [-0.05, 0) is 38.8 Å². The number of nitrogens with two attached hydrogens (primary N) is 1. The number of primary amides is 1. The molecule has 132 valence electrons. The summed E-state index contributed by atoms with van der Waals surface area (Å²) in [6.45, 7) is 5.77. The van der Waals surface area contributed by atoms with Gasteiger partial charge in [0.05, 0.1) is 6.10 Å². The monoisotopic (exact) mass is 342 g/mol. The second-order valence-corrected chi connectivity index (χ2v) is 6.58. The van der Waals surface area contributed by atoms with Gasteiger partial charge in [-0.3, -0.25) is 9.59 Å². The van der Waals surface area contributed by atoms with E-state index < -0.39 is 5.91 Å². The zero-order valence-corrected chi connectivity index (χ0v) is 14.7. The number of amides is 1. The third kappa shape index (κ3) is 3.79. The molecule has 0 aromatic carbocycles. The maximum absolute atomic E-state index is 12.7. The molecule has 25 heavy (non-hydrogen) atoms. The summed E-state index contributed by atoms with van der Waals surface area (Å²) in [7, 11) is 0. The first kappa shape index (κ1) is 17.4. The summed E-state index contributed by atoms with van der Waals surface area (Å²) in [5.41, 5.74) is 8.43. The van der Waals surface area contributed by atoms with Gasteiger partial charge in [-0.1, -0.05) is 0 Å². The van der Waals surface area contributed by atoms with Crippen molar-refractivity contribution >= 4 is 11.7 Å². The molecule has 0 saturated carbocycles. The Morgan fingerprint density at radius 2 is 2.20 bits per heavy atom. The largest absolute Gasteiger partial charge is 0.376 e. The number of pyridine rings is 1. The van der Waals surface area contributed by atoms with Crippen LogP contribution in [0.5, 0.6) is 0 Å². The van der Waals surface area contributed by atoms with Crippen molar-refractivity contribution in [2.45, 2.75) is 45.9 Å². The molecule has 1 aliphatic rings. The molecule has 1 amide bonds. The number of carbonyl (C=O) groups excluding carboxylic acids is 2. The number of aromatic nitrogens is 2. The Bertz CT molecular complexity index is 804. The van der Waals surface area contributed by atoms with E-state index in [1.165, 1.54) is 0 Å². The fourth-order valence-corrected chi connectivity index (χ4v) is 3.37. The highest BCUT2D eigenvalue weighted by Gasteiger charge is 2.22. The first-order valence-electron chi connectivity index (χ1n) is 8.56. The van der Waals surface area contributed by atoms with Crippen LogP contribution in [0.15, 0.2) is 30.6 Å². The molecule has 2 aromatic heterocycles. The lowest BCUT2D eigenvalue weighted by atomic mass is 10.1.